The van der Waals surface area contributed by atoms with E-state index < -0.39 is 28.4 Å². The normalized spacial score (nSPS) is 15.4. The number of aromatic hydroxyl groups is 1. The van der Waals surface area contributed by atoms with Gasteiger partial charge in [0, 0.05) is 58.9 Å². The molecule has 1 aliphatic heterocycles. The molecule has 0 radical (unpaired) electrons. The maximum atomic E-state index is 13.1. The van der Waals surface area contributed by atoms with Gasteiger partial charge >= 0.3 is 17.9 Å². The van der Waals surface area contributed by atoms with Gasteiger partial charge in [0.1, 0.15) is 16.8 Å². The highest BCUT2D eigenvalue weighted by Crippen LogP contribution is 2.29. The van der Waals surface area contributed by atoms with E-state index in [1.54, 1.807) is 36.4 Å². The van der Waals surface area contributed by atoms with Crippen LogP contribution < -0.4 is 19.5 Å². The minimum Gasteiger partial charge on any atom is -0.504 e. The van der Waals surface area contributed by atoms with Crippen LogP contribution in [0, 0.1) is 0 Å². The molecule has 388 valence electrons. The van der Waals surface area contributed by atoms with Gasteiger partial charge in [0.15, 0.2) is 41.2 Å². The second-order valence-corrected chi connectivity index (χ2v) is 20.0. The standard InChI is InChI=1S/C52H77N5O13/c1-50(2,3)68-47(62)34-55-25-23-54(24-26-56(35-48(63)69-51(4,5)6)28-30-57(29-27-55)36-49(64)70-52(7,8)9)22-12-21-53-46(61)37-67-43-20-16-39(32-45(43)66-11)14-18-41(59)33-40(58)17-13-38-15-19-42(60)44(31-38)65-10/h13-20,31-32,60H,12,21-30,33-37H2,1-11H3,(H,53,61)/b17-13+,18-14+. The van der Waals surface area contributed by atoms with Crippen molar-refractivity contribution in [3.8, 4) is 23.0 Å². The first-order chi connectivity index (χ1) is 32.8. The van der Waals surface area contributed by atoms with Gasteiger partial charge in [0.2, 0.25) is 0 Å². The van der Waals surface area contributed by atoms with Crippen LogP contribution in [0.4, 0.5) is 0 Å². The fourth-order valence-corrected chi connectivity index (χ4v) is 7.04. The third kappa shape index (κ3) is 24.6. The van der Waals surface area contributed by atoms with Gasteiger partial charge < -0.3 is 43.7 Å². The van der Waals surface area contributed by atoms with Crippen LogP contribution in [0.1, 0.15) is 86.3 Å². The summed E-state index contributed by atoms with van der Waals surface area (Å²) >= 11 is 0. The lowest BCUT2D eigenvalue weighted by atomic mass is 10.1. The highest BCUT2D eigenvalue weighted by Gasteiger charge is 2.26. The van der Waals surface area contributed by atoms with Crippen molar-refractivity contribution >= 4 is 47.5 Å². The maximum Gasteiger partial charge on any atom is 0.320 e. The van der Waals surface area contributed by atoms with E-state index in [4.69, 9.17) is 28.4 Å². The SMILES string of the molecule is COc1cc(/C=C/C(=O)CC(=O)/C=C/c2ccc(OCC(=O)NCCCN3CCN(CC(=O)OC(C)(C)C)CCN(CC(=O)OC(C)(C)C)CCN(CC(=O)OC(C)(C)C)CC3)c(OC)c2)ccc1O. The Morgan fingerprint density at radius 1 is 0.571 bits per heavy atom. The molecule has 0 saturated carbocycles. The summed E-state index contributed by atoms with van der Waals surface area (Å²) in [5.41, 5.74) is -0.715. The quantitative estimate of drug-likeness (QED) is 0.0568. The first-order valence-corrected chi connectivity index (χ1v) is 23.7. The monoisotopic (exact) mass is 980 g/mol. The van der Waals surface area contributed by atoms with Crippen molar-refractivity contribution in [2.75, 3.05) is 106 Å². The Balaban J connectivity index is 1.61. The van der Waals surface area contributed by atoms with Gasteiger partial charge in [-0.3, -0.25) is 43.5 Å². The smallest absolute Gasteiger partial charge is 0.320 e. The third-order valence-electron chi connectivity index (χ3n) is 10.2. The van der Waals surface area contributed by atoms with E-state index in [0.717, 1.165) is 0 Å². The Labute approximate surface area is 414 Å². The van der Waals surface area contributed by atoms with E-state index in [1.165, 1.54) is 38.5 Å². The number of hydrogen-bond donors (Lipinski definition) is 2. The molecule has 3 rings (SSSR count). The van der Waals surface area contributed by atoms with E-state index in [9.17, 15) is 33.9 Å². The topological polar surface area (TPSA) is 203 Å². The fourth-order valence-electron chi connectivity index (χ4n) is 7.04. The second kappa shape index (κ2) is 28.1. The Hall–Kier alpha value is -5.82. The number of methoxy groups -OCH3 is 2. The van der Waals surface area contributed by atoms with E-state index in [1.807, 2.05) is 77.0 Å². The molecule has 1 heterocycles. The summed E-state index contributed by atoms with van der Waals surface area (Å²) in [6, 6.07) is 9.61. The van der Waals surface area contributed by atoms with Gasteiger partial charge in [-0.05, 0) is 123 Å². The van der Waals surface area contributed by atoms with Crippen molar-refractivity contribution in [2.45, 2.75) is 92.0 Å². The van der Waals surface area contributed by atoms with Gasteiger partial charge in [-0.15, -0.1) is 0 Å². The van der Waals surface area contributed by atoms with Crippen molar-refractivity contribution in [1.29, 1.82) is 0 Å². The summed E-state index contributed by atoms with van der Waals surface area (Å²) in [7, 11) is 2.88. The number of carbonyl (C=O) groups is 6. The predicted octanol–water partition coefficient (Wildman–Crippen LogP) is 4.80. The number of phenols is 1. The van der Waals surface area contributed by atoms with Crippen LogP contribution in [-0.2, 0) is 43.0 Å². The van der Waals surface area contributed by atoms with Crippen LogP contribution in [0.25, 0.3) is 12.2 Å². The van der Waals surface area contributed by atoms with Crippen molar-refractivity contribution in [2.24, 2.45) is 0 Å². The number of benzene rings is 2. The van der Waals surface area contributed by atoms with E-state index in [0.29, 0.717) is 94.5 Å². The molecule has 0 aromatic heterocycles. The average Bonchev–Trinajstić information content (AvgIpc) is 3.24. The number of allylic oxidation sites excluding steroid dienone is 2. The zero-order valence-corrected chi connectivity index (χ0v) is 43.2. The first-order valence-electron chi connectivity index (χ1n) is 23.7. The maximum absolute atomic E-state index is 13.1. The van der Waals surface area contributed by atoms with Crippen molar-refractivity contribution in [1.82, 2.24) is 24.9 Å². The van der Waals surface area contributed by atoms with Gasteiger partial charge in [0.05, 0.1) is 40.3 Å². The Morgan fingerprint density at radius 2 is 0.971 bits per heavy atom. The summed E-state index contributed by atoms with van der Waals surface area (Å²) in [6.45, 7) is 21.4. The lowest BCUT2D eigenvalue weighted by Gasteiger charge is -2.34. The van der Waals surface area contributed by atoms with Crippen LogP contribution in [0.5, 0.6) is 23.0 Å². The summed E-state index contributed by atoms with van der Waals surface area (Å²) in [4.78, 5) is 85.3. The molecule has 2 N–H and O–H groups in total. The third-order valence-corrected chi connectivity index (χ3v) is 10.2. The Kier molecular flexibility index (Phi) is 23.5. The van der Waals surface area contributed by atoms with Gasteiger partial charge in [0.25, 0.3) is 5.91 Å². The number of nitrogens with one attached hydrogen (secondary N) is 1. The minimum atomic E-state index is -0.652. The molecule has 1 amide bonds. The summed E-state index contributed by atoms with van der Waals surface area (Å²) in [5.74, 6) is -1.27. The van der Waals surface area contributed by atoms with Crippen LogP contribution in [0.3, 0.4) is 0 Å². The lowest BCUT2D eigenvalue weighted by molar-refractivity contribution is -0.158. The number of phenolic OH excluding ortho intramolecular Hbond substituents is 1. The van der Waals surface area contributed by atoms with Gasteiger partial charge in [-0.25, -0.2) is 0 Å². The molecule has 18 heteroatoms. The molecule has 0 atom stereocenters. The second-order valence-electron chi connectivity index (χ2n) is 20.0. The number of rotatable bonds is 21. The van der Waals surface area contributed by atoms with Gasteiger partial charge in [-0.2, -0.15) is 0 Å². The summed E-state index contributed by atoms with van der Waals surface area (Å²) < 4.78 is 33.4. The van der Waals surface area contributed by atoms with E-state index >= 15 is 0 Å². The van der Waals surface area contributed by atoms with Crippen LogP contribution in [0.2, 0.25) is 0 Å². The van der Waals surface area contributed by atoms with Gasteiger partial charge in [-0.1, -0.05) is 24.3 Å². The molecule has 1 saturated heterocycles. The molecule has 0 unspecified atom stereocenters. The number of ether oxygens (including phenoxy) is 6. The Bertz CT molecular complexity index is 2070. The fraction of sp³-hybridized carbons (Fsp3) is 0.577. The van der Waals surface area contributed by atoms with Crippen molar-refractivity contribution in [3.63, 3.8) is 0 Å². The highest BCUT2D eigenvalue weighted by atomic mass is 16.6. The molecular weight excluding hydrogens is 903 g/mol. The van der Waals surface area contributed by atoms with Crippen LogP contribution in [-0.4, -0.2) is 183 Å². The summed E-state index contributed by atoms with van der Waals surface area (Å²) in [6.07, 6.45) is 5.96. The lowest BCUT2D eigenvalue weighted by Crippen LogP contribution is -2.49. The number of hydrogen-bond acceptors (Lipinski definition) is 17. The highest BCUT2D eigenvalue weighted by molar-refractivity contribution is 6.10. The zero-order chi connectivity index (χ0) is 52.1. The molecular formula is C52H77N5O13. The molecule has 0 aliphatic carbocycles. The number of amides is 1. The van der Waals surface area contributed by atoms with E-state index in [2.05, 4.69) is 10.2 Å². The molecule has 0 bridgehead atoms. The molecule has 2 aromatic carbocycles. The van der Waals surface area contributed by atoms with Crippen LogP contribution >= 0.6 is 0 Å². The molecule has 1 fully saturated rings. The molecule has 2 aromatic rings. The number of esters is 3. The van der Waals surface area contributed by atoms with Crippen molar-refractivity contribution < 1.29 is 62.3 Å². The molecule has 0 spiro atoms. The largest absolute Gasteiger partial charge is 0.504 e. The van der Waals surface area contributed by atoms with Crippen LogP contribution in [0.15, 0.2) is 48.6 Å². The Morgan fingerprint density at radius 3 is 1.39 bits per heavy atom. The average molecular weight is 980 g/mol. The summed E-state index contributed by atoms with van der Waals surface area (Å²) in [5, 5.41) is 12.7. The number of ketones is 2. The number of carbonyl (C=O) groups excluding carboxylic acids is 6. The zero-order valence-electron chi connectivity index (χ0n) is 43.2. The van der Waals surface area contributed by atoms with E-state index in [-0.39, 0.29) is 68.0 Å². The molecule has 1 aliphatic rings. The molecule has 70 heavy (non-hydrogen) atoms. The molecule has 18 nitrogen and oxygen atoms in total. The predicted molar refractivity (Wildman–Crippen MR) is 267 cm³/mol. The minimum absolute atomic E-state index is 0.0240. The van der Waals surface area contributed by atoms with Crippen molar-refractivity contribution in [3.05, 3.63) is 59.7 Å². The number of nitrogens with zero attached hydrogens (tertiary/aromatic N) is 4. The first kappa shape index (κ1) is 58.5.